The zero-order valence-corrected chi connectivity index (χ0v) is 44.8. The molecule has 0 saturated carbocycles. The number of aromatic nitrogens is 1. The summed E-state index contributed by atoms with van der Waals surface area (Å²) in [5.74, 6) is 0. The van der Waals surface area contributed by atoms with Crippen molar-refractivity contribution in [1.82, 2.24) is 4.57 Å². The molecule has 0 unspecified atom stereocenters. The highest BCUT2D eigenvalue weighted by Gasteiger charge is 2.46. The molecular weight excluding hydrogens is 993 g/mol. The minimum atomic E-state index is -0.540. The van der Waals surface area contributed by atoms with Gasteiger partial charge in [-0.1, -0.05) is 218 Å². The number of fused-ring (bicyclic) bond motifs is 9. The van der Waals surface area contributed by atoms with E-state index in [2.05, 4.69) is 319 Å². The minimum Gasteiger partial charge on any atom is -0.456 e. The molecule has 0 aliphatic heterocycles. The molecule has 0 N–H and O–H groups in total. The molecule has 1 aliphatic rings. The molecule has 0 spiro atoms. The second kappa shape index (κ2) is 19.3. The largest absolute Gasteiger partial charge is 0.456 e. The molecule has 2 heterocycles. The Kier molecular flexibility index (Phi) is 11.1. The van der Waals surface area contributed by atoms with Crippen LogP contribution >= 0.6 is 0 Å². The highest BCUT2D eigenvalue weighted by atomic mass is 16.3. The monoisotopic (exact) mass is 1040 g/mol. The second-order valence-corrected chi connectivity index (χ2v) is 21.6. The van der Waals surface area contributed by atoms with E-state index in [0.29, 0.717) is 0 Å². The molecule has 82 heavy (non-hydrogen) atoms. The number of anilines is 3. The van der Waals surface area contributed by atoms with E-state index in [4.69, 9.17) is 4.42 Å². The van der Waals surface area contributed by atoms with Crippen LogP contribution in [0.5, 0.6) is 0 Å². The number of furan rings is 1. The van der Waals surface area contributed by atoms with E-state index in [0.717, 1.165) is 55.8 Å². The Bertz CT molecular complexity index is 4880. The Morgan fingerprint density at radius 2 is 0.744 bits per heavy atom. The lowest BCUT2D eigenvalue weighted by Crippen LogP contribution is -2.28. The number of hydrogen-bond acceptors (Lipinski definition) is 2. The fraction of sp³-hybridized carbons (Fsp3) is 0.0127. The molecule has 0 atom stereocenters. The van der Waals surface area contributed by atoms with E-state index in [1.165, 1.54) is 88.6 Å². The van der Waals surface area contributed by atoms with Crippen LogP contribution in [0.3, 0.4) is 0 Å². The van der Waals surface area contributed by atoms with Crippen LogP contribution in [0.4, 0.5) is 17.1 Å². The quantitative estimate of drug-likeness (QED) is 0.136. The van der Waals surface area contributed by atoms with Gasteiger partial charge in [0.2, 0.25) is 0 Å². The third kappa shape index (κ3) is 7.66. The topological polar surface area (TPSA) is 21.3 Å². The zero-order valence-electron chi connectivity index (χ0n) is 44.8. The van der Waals surface area contributed by atoms with E-state index in [9.17, 15) is 0 Å². The predicted octanol–water partition coefficient (Wildman–Crippen LogP) is 21.2. The van der Waals surface area contributed by atoms with Gasteiger partial charge in [0.1, 0.15) is 11.2 Å². The summed E-state index contributed by atoms with van der Waals surface area (Å²) in [5.41, 5.74) is 24.9. The molecule has 0 bridgehead atoms. The lowest BCUT2D eigenvalue weighted by Gasteiger charge is -2.35. The summed E-state index contributed by atoms with van der Waals surface area (Å²) in [6.07, 6.45) is 0. The van der Waals surface area contributed by atoms with Crippen LogP contribution in [0, 0.1) is 0 Å². The van der Waals surface area contributed by atoms with Crippen LogP contribution in [0.2, 0.25) is 0 Å². The lowest BCUT2D eigenvalue weighted by atomic mass is 9.67. The highest BCUT2D eigenvalue weighted by Crippen LogP contribution is 2.57. The molecule has 16 rings (SSSR count). The Hall–Kier alpha value is -10.7. The van der Waals surface area contributed by atoms with Crippen molar-refractivity contribution >= 4 is 60.8 Å². The van der Waals surface area contributed by atoms with E-state index < -0.39 is 5.41 Å². The summed E-state index contributed by atoms with van der Waals surface area (Å²) >= 11 is 0. The summed E-state index contributed by atoms with van der Waals surface area (Å²) < 4.78 is 8.76. The Balaban J connectivity index is 0.758. The Morgan fingerprint density at radius 1 is 0.268 bits per heavy atom. The van der Waals surface area contributed by atoms with Crippen molar-refractivity contribution in [3.8, 4) is 61.3 Å². The zero-order chi connectivity index (χ0) is 54.1. The maximum absolute atomic E-state index is 6.39. The maximum atomic E-state index is 6.39. The van der Waals surface area contributed by atoms with Gasteiger partial charge in [-0.05, 0) is 175 Å². The number of para-hydroxylation sites is 3. The average Bonchev–Trinajstić information content (AvgIpc) is 4.20. The standard InChI is InChI=1S/C79H52N2O/c1-4-25-61(26-5-1)79(62-27-6-2-7-28-62)73-34-13-10-31-67(73)68-44-42-66(52-74(68)79)80(65-43-46-78-72(51-65)70-33-12-15-36-77(70)82-78)64-40-37-53(38-41-64)54-19-16-20-55(47-54)56-21-17-22-57(48-56)58-23-18-24-59(49-58)60-39-45-76-71(50-60)69-32-11-14-35-75(69)81(76)63-29-8-3-9-30-63/h1-52H. The summed E-state index contributed by atoms with van der Waals surface area (Å²) in [7, 11) is 0. The van der Waals surface area contributed by atoms with Gasteiger partial charge in [0.25, 0.3) is 0 Å². The number of rotatable bonds is 10. The van der Waals surface area contributed by atoms with E-state index in [1.54, 1.807) is 0 Å². The van der Waals surface area contributed by atoms with Gasteiger partial charge in [0.15, 0.2) is 0 Å². The summed E-state index contributed by atoms with van der Waals surface area (Å²) in [6, 6.07) is 115. The third-order valence-corrected chi connectivity index (χ3v) is 17.1. The van der Waals surface area contributed by atoms with Crippen LogP contribution in [-0.2, 0) is 5.41 Å². The fourth-order valence-corrected chi connectivity index (χ4v) is 13.3. The number of benzene rings is 13. The van der Waals surface area contributed by atoms with Crippen molar-refractivity contribution in [2.75, 3.05) is 4.90 Å². The van der Waals surface area contributed by atoms with Gasteiger partial charge >= 0.3 is 0 Å². The Labute approximate surface area is 476 Å². The average molecular weight is 1050 g/mol. The van der Waals surface area contributed by atoms with Crippen LogP contribution in [0.25, 0.3) is 105 Å². The smallest absolute Gasteiger partial charge is 0.135 e. The lowest BCUT2D eigenvalue weighted by molar-refractivity contribution is 0.669. The molecule has 0 radical (unpaired) electrons. The molecule has 0 fully saturated rings. The third-order valence-electron chi connectivity index (χ3n) is 17.1. The van der Waals surface area contributed by atoms with Crippen molar-refractivity contribution in [3.05, 3.63) is 338 Å². The van der Waals surface area contributed by atoms with Gasteiger partial charge in [-0.2, -0.15) is 0 Å². The minimum absolute atomic E-state index is 0.540. The SMILES string of the molecule is c1ccc(-n2c3ccccc3c3cc(-c4cccc(-c5cccc(-c6cccc(-c7ccc(N(c8ccc9c(c8)C(c8ccccc8)(c8ccccc8)c8ccccc8-9)c8ccc9oc%10ccccc%10c9c8)cc7)c6)c5)c4)ccc32)cc1. The first kappa shape index (κ1) is 47.3. The van der Waals surface area contributed by atoms with Gasteiger partial charge in [-0.25, -0.2) is 0 Å². The first-order valence-corrected chi connectivity index (χ1v) is 28.2. The Morgan fingerprint density at radius 3 is 1.41 bits per heavy atom. The van der Waals surface area contributed by atoms with Crippen LogP contribution in [0.1, 0.15) is 22.3 Å². The molecule has 384 valence electrons. The van der Waals surface area contributed by atoms with Crippen molar-refractivity contribution in [3.63, 3.8) is 0 Å². The summed E-state index contributed by atoms with van der Waals surface area (Å²) in [5, 5.41) is 4.68. The van der Waals surface area contributed by atoms with Crippen LogP contribution < -0.4 is 4.90 Å². The van der Waals surface area contributed by atoms with E-state index in [-0.39, 0.29) is 0 Å². The molecular formula is C79H52N2O. The molecule has 0 saturated heterocycles. The highest BCUT2D eigenvalue weighted by molar-refractivity contribution is 6.11. The summed E-state index contributed by atoms with van der Waals surface area (Å²) in [4.78, 5) is 2.41. The van der Waals surface area contributed by atoms with Gasteiger partial charge < -0.3 is 13.9 Å². The summed E-state index contributed by atoms with van der Waals surface area (Å²) in [6.45, 7) is 0. The fourth-order valence-electron chi connectivity index (χ4n) is 13.3. The van der Waals surface area contributed by atoms with Crippen molar-refractivity contribution < 1.29 is 4.42 Å². The van der Waals surface area contributed by atoms with Gasteiger partial charge in [-0.3, -0.25) is 0 Å². The van der Waals surface area contributed by atoms with E-state index >= 15 is 0 Å². The van der Waals surface area contributed by atoms with Crippen LogP contribution in [0.15, 0.2) is 320 Å². The van der Waals surface area contributed by atoms with E-state index in [1.807, 2.05) is 6.07 Å². The maximum Gasteiger partial charge on any atom is 0.135 e. The molecule has 3 nitrogen and oxygen atoms in total. The van der Waals surface area contributed by atoms with Gasteiger partial charge in [0, 0.05) is 44.3 Å². The van der Waals surface area contributed by atoms with Crippen molar-refractivity contribution in [1.29, 1.82) is 0 Å². The predicted molar refractivity (Wildman–Crippen MR) is 342 cm³/mol. The van der Waals surface area contributed by atoms with Crippen molar-refractivity contribution in [2.45, 2.75) is 5.41 Å². The first-order valence-electron chi connectivity index (χ1n) is 28.2. The molecule has 13 aromatic carbocycles. The first-order chi connectivity index (χ1) is 40.6. The van der Waals surface area contributed by atoms with Crippen LogP contribution in [-0.4, -0.2) is 4.57 Å². The molecule has 2 aromatic heterocycles. The van der Waals surface area contributed by atoms with Gasteiger partial charge in [0.05, 0.1) is 16.4 Å². The molecule has 15 aromatic rings. The van der Waals surface area contributed by atoms with Crippen molar-refractivity contribution in [2.24, 2.45) is 0 Å². The number of hydrogen-bond donors (Lipinski definition) is 0. The number of nitrogens with zero attached hydrogens (tertiary/aromatic N) is 2. The second-order valence-electron chi connectivity index (χ2n) is 21.6. The van der Waals surface area contributed by atoms with Gasteiger partial charge in [-0.15, -0.1) is 0 Å². The molecule has 3 heteroatoms. The molecule has 1 aliphatic carbocycles. The molecule has 0 amide bonds. The normalized spacial score (nSPS) is 12.5.